The van der Waals surface area contributed by atoms with Gasteiger partial charge in [0.15, 0.2) is 17.5 Å². The van der Waals surface area contributed by atoms with E-state index < -0.39 is 17.5 Å². The van der Waals surface area contributed by atoms with Crippen LogP contribution in [-0.2, 0) is 0 Å². The molecule has 0 spiro atoms. The predicted molar refractivity (Wildman–Crippen MR) is 91.5 cm³/mol. The first kappa shape index (κ1) is 19.0. The molecule has 0 heterocycles. The summed E-state index contributed by atoms with van der Waals surface area (Å²) < 4.78 is 39.7. The lowest BCUT2D eigenvalue weighted by atomic mass is 9.93. The molecule has 0 saturated carbocycles. The topological polar surface area (TPSA) is 46.3 Å². The van der Waals surface area contributed by atoms with E-state index in [9.17, 15) is 18.0 Å². The van der Waals surface area contributed by atoms with Crippen molar-refractivity contribution in [3.05, 3.63) is 59.4 Å². The molecule has 0 bridgehead atoms. The molecular weight excluding hydrogens is 329 g/mol. The Balaban J connectivity index is 2.21. The van der Waals surface area contributed by atoms with E-state index in [1.807, 2.05) is 13.8 Å². The Hall–Kier alpha value is -2.34. The minimum atomic E-state index is -1.50. The zero-order valence-electron chi connectivity index (χ0n) is 14.4. The predicted octanol–water partition coefficient (Wildman–Crippen LogP) is 3.83. The Morgan fingerprint density at radius 3 is 2.04 bits per heavy atom. The summed E-state index contributed by atoms with van der Waals surface area (Å²) in [6.07, 6.45) is 0. The maximum atomic E-state index is 13.3. The van der Waals surface area contributed by atoms with Crippen LogP contribution in [0.3, 0.4) is 0 Å². The van der Waals surface area contributed by atoms with Crippen molar-refractivity contribution in [1.82, 2.24) is 4.90 Å². The fraction of sp³-hybridized carbons (Fsp3) is 0.316. The van der Waals surface area contributed by atoms with Crippen molar-refractivity contribution < 1.29 is 18.0 Å². The Morgan fingerprint density at radius 2 is 1.56 bits per heavy atom. The highest BCUT2D eigenvalue weighted by Gasteiger charge is 2.22. The number of amides is 1. The highest BCUT2D eigenvalue weighted by molar-refractivity contribution is 5.94. The molecule has 0 aliphatic rings. The van der Waals surface area contributed by atoms with E-state index in [1.54, 1.807) is 36.2 Å². The molecule has 2 N–H and O–H groups in total. The van der Waals surface area contributed by atoms with Crippen LogP contribution in [0.4, 0.5) is 13.2 Å². The first-order valence-corrected chi connectivity index (χ1v) is 7.85. The van der Waals surface area contributed by atoms with Crippen LogP contribution in [0.25, 0.3) is 11.1 Å². The summed E-state index contributed by atoms with van der Waals surface area (Å²) in [5, 5.41) is 0. The fourth-order valence-electron chi connectivity index (χ4n) is 2.53. The third kappa shape index (κ3) is 4.39. The van der Waals surface area contributed by atoms with E-state index in [0.717, 1.165) is 12.1 Å². The van der Waals surface area contributed by atoms with Gasteiger partial charge in [0.1, 0.15) is 0 Å². The van der Waals surface area contributed by atoms with Crippen molar-refractivity contribution in [2.24, 2.45) is 11.1 Å². The highest BCUT2D eigenvalue weighted by atomic mass is 19.2. The summed E-state index contributed by atoms with van der Waals surface area (Å²) in [5.41, 5.74) is 6.62. The van der Waals surface area contributed by atoms with Crippen LogP contribution < -0.4 is 5.73 Å². The van der Waals surface area contributed by atoms with E-state index in [0.29, 0.717) is 24.2 Å². The Kier molecular flexibility index (Phi) is 5.52. The Labute approximate surface area is 145 Å². The number of carbonyl (C=O) groups is 1. The lowest BCUT2D eigenvalue weighted by molar-refractivity contribution is 0.0740. The van der Waals surface area contributed by atoms with Crippen LogP contribution in [0.2, 0.25) is 0 Å². The molecule has 2 aromatic carbocycles. The third-order valence-corrected chi connectivity index (χ3v) is 4.01. The lowest BCUT2D eigenvalue weighted by Crippen LogP contribution is -2.39. The molecule has 0 atom stereocenters. The third-order valence-electron chi connectivity index (χ3n) is 4.01. The first-order chi connectivity index (χ1) is 11.6. The van der Waals surface area contributed by atoms with Crippen LogP contribution >= 0.6 is 0 Å². The second kappa shape index (κ2) is 7.27. The van der Waals surface area contributed by atoms with Gasteiger partial charge in [0.05, 0.1) is 0 Å². The van der Waals surface area contributed by atoms with Gasteiger partial charge in [0.2, 0.25) is 0 Å². The zero-order valence-corrected chi connectivity index (χ0v) is 14.4. The maximum Gasteiger partial charge on any atom is 0.253 e. The van der Waals surface area contributed by atoms with Crippen molar-refractivity contribution in [2.75, 3.05) is 20.1 Å². The molecule has 134 valence electrons. The number of nitrogens with zero attached hydrogens (tertiary/aromatic N) is 1. The maximum absolute atomic E-state index is 13.3. The van der Waals surface area contributed by atoms with Gasteiger partial charge in [-0.3, -0.25) is 4.79 Å². The summed E-state index contributed by atoms with van der Waals surface area (Å²) in [4.78, 5) is 14.0. The average Bonchev–Trinajstić information content (AvgIpc) is 2.58. The number of carbonyl (C=O) groups excluding carboxylic acids is 1. The Bertz CT molecular complexity index is 750. The van der Waals surface area contributed by atoms with E-state index in [2.05, 4.69) is 0 Å². The smallest absolute Gasteiger partial charge is 0.253 e. The molecular formula is C19H21F3N2O. The number of hydrogen-bond acceptors (Lipinski definition) is 2. The number of nitrogens with two attached hydrogens (primary N) is 1. The second-order valence-corrected chi connectivity index (χ2v) is 6.86. The number of hydrogen-bond donors (Lipinski definition) is 1. The fourth-order valence-corrected chi connectivity index (χ4v) is 2.53. The molecule has 1 amide bonds. The summed E-state index contributed by atoms with van der Waals surface area (Å²) in [6, 6.07) is 8.13. The van der Waals surface area contributed by atoms with Crippen LogP contribution in [0.5, 0.6) is 0 Å². The molecule has 3 nitrogen and oxygen atoms in total. The molecule has 0 aliphatic heterocycles. The summed E-state index contributed by atoms with van der Waals surface area (Å²) in [7, 11) is 1.69. The average molecular weight is 350 g/mol. The minimum Gasteiger partial charge on any atom is -0.341 e. The van der Waals surface area contributed by atoms with Gasteiger partial charge in [-0.15, -0.1) is 0 Å². The van der Waals surface area contributed by atoms with E-state index in [1.165, 1.54) is 0 Å². The van der Waals surface area contributed by atoms with Gasteiger partial charge in [-0.2, -0.15) is 0 Å². The molecule has 25 heavy (non-hydrogen) atoms. The van der Waals surface area contributed by atoms with Gasteiger partial charge in [0, 0.05) is 19.2 Å². The van der Waals surface area contributed by atoms with Crippen molar-refractivity contribution >= 4 is 5.91 Å². The largest absolute Gasteiger partial charge is 0.341 e. The molecule has 0 aliphatic carbocycles. The van der Waals surface area contributed by atoms with Crippen LogP contribution in [0.1, 0.15) is 24.2 Å². The van der Waals surface area contributed by atoms with E-state index in [-0.39, 0.29) is 16.9 Å². The number of benzene rings is 2. The molecule has 0 radical (unpaired) electrons. The van der Waals surface area contributed by atoms with Crippen molar-refractivity contribution in [2.45, 2.75) is 13.8 Å². The van der Waals surface area contributed by atoms with Crippen LogP contribution in [0.15, 0.2) is 36.4 Å². The van der Waals surface area contributed by atoms with Crippen molar-refractivity contribution in [1.29, 1.82) is 0 Å². The van der Waals surface area contributed by atoms with Gasteiger partial charge in [-0.05, 0) is 47.4 Å². The van der Waals surface area contributed by atoms with E-state index >= 15 is 0 Å². The quantitative estimate of drug-likeness (QED) is 0.833. The zero-order chi connectivity index (χ0) is 18.8. The summed E-state index contributed by atoms with van der Waals surface area (Å²) in [5.74, 6) is -4.18. The van der Waals surface area contributed by atoms with Crippen molar-refractivity contribution in [3.63, 3.8) is 0 Å². The number of halogens is 3. The van der Waals surface area contributed by atoms with Gasteiger partial charge >= 0.3 is 0 Å². The molecule has 0 unspecified atom stereocenters. The minimum absolute atomic E-state index is 0.176. The standard InChI is InChI=1S/C19H21F3N2O/c1-19(2,10-23)11-24(3)18(25)13-6-4-12(5-7-13)14-8-15(20)17(22)16(21)9-14/h4-9H,10-11,23H2,1-3H3. The van der Waals surface area contributed by atoms with Gasteiger partial charge in [0.25, 0.3) is 5.91 Å². The molecule has 2 aromatic rings. The molecule has 6 heteroatoms. The van der Waals surface area contributed by atoms with Gasteiger partial charge in [-0.25, -0.2) is 13.2 Å². The van der Waals surface area contributed by atoms with Crippen LogP contribution in [-0.4, -0.2) is 30.9 Å². The molecule has 0 saturated heterocycles. The molecule has 0 fully saturated rings. The van der Waals surface area contributed by atoms with Gasteiger partial charge < -0.3 is 10.6 Å². The second-order valence-electron chi connectivity index (χ2n) is 6.86. The molecule has 0 aromatic heterocycles. The Morgan fingerprint density at radius 1 is 1.04 bits per heavy atom. The van der Waals surface area contributed by atoms with Crippen molar-refractivity contribution in [3.8, 4) is 11.1 Å². The van der Waals surface area contributed by atoms with E-state index in [4.69, 9.17) is 5.73 Å². The van der Waals surface area contributed by atoms with Gasteiger partial charge in [-0.1, -0.05) is 26.0 Å². The van der Waals surface area contributed by atoms with Crippen LogP contribution in [0, 0.1) is 22.9 Å². The summed E-state index contributed by atoms with van der Waals surface area (Å²) >= 11 is 0. The lowest BCUT2D eigenvalue weighted by Gasteiger charge is -2.29. The monoisotopic (exact) mass is 350 g/mol. The SMILES string of the molecule is CN(CC(C)(C)CN)C(=O)c1ccc(-c2cc(F)c(F)c(F)c2)cc1. The highest BCUT2D eigenvalue weighted by Crippen LogP contribution is 2.24. The molecule has 2 rings (SSSR count). The summed E-state index contributed by atoms with van der Waals surface area (Å²) in [6.45, 7) is 4.89. The first-order valence-electron chi connectivity index (χ1n) is 7.85. The number of rotatable bonds is 5. The normalized spacial score (nSPS) is 11.5.